The van der Waals surface area contributed by atoms with E-state index in [0.717, 1.165) is 18.5 Å². The van der Waals surface area contributed by atoms with Gasteiger partial charge in [-0.1, -0.05) is 25.7 Å². The Balaban J connectivity index is 1.57. The number of hydrogen-bond acceptors (Lipinski definition) is 3. The molecule has 1 aromatic heterocycles. The molecule has 1 heterocycles. The van der Waals surface area contributed by atoms with Crippen molar-refractivity contribution in [2.24, 2.45) is 5.73 Å². The normalized spacial score (nSPS) is 23.2. The maximum atomic E-state index is 6.10. The van der Waals surface area contributed by atoms with E-state index in [1.54, 1.807) is 0 Å². The first-order chi connectivity index (χ1) is 9.31. The van der Waals surface area contributed by atoms with Gasteiger partial charge in [0.15, 0.2) is 0 Å². The van der Waals surface area contributed by atoms with E-state index in [0.29, 0.717) is 19.2 Å². The number of ether oxygens (including phenoxy) is 1. The fourth-order valence-electron chi connectivity index (χ4n) is 3.48. The topological polar surface area (TPSA) is 53.1 Å². The Morgan fingerprint density at radius 2 is 2.00 bits per heavy atom. The minimum absolute atomic E-state index is 0.0723. The van der Waals surface area contributed by atoms with Crippen molar-refractivity contribution in [2.75, 3.05) is 6.54 Å². The molecule has 0 aromatic carbocycles. The molecule has 0 spiro atoms. The molecule has 106 valence electrons. The summed E-state index contributed by atoms with van der Waals surface area (Å²) in [5, 5.41) is 4.67. The van der Waals surface area contributed by atoms with E-state index >= 15 is 0 Å². The van der Waals surface area contributed by atoms with Gasteiger partial charge in [0.05, 0.1) is 23.9 Å². The Morgan fingerprint density at radius 1 is 1.26 bits per heavy atom. The molecule has 0 aliphatic heterocycles. The van der Waals surface area contributed by atoms with Crippen LogP contribution in [-0.2, 0) is 11.3 Å². The Kier molecular flexibility index (Phi) is 3.89. The van der Waals surface area contributed by atoms with E-state index in [-0.39, 0.29) is 5.60 Å². The van der Waals surface area contributed by atoms with Gasteiger partial charge < -0.3 is 10.5 Å². The molecule has 2 aliphatic carbocycles. The van der Waals surface area contributed by atoms with Crippen LogP contribution in [0.25, 0.3) is 0 Å². The van der Waals surface area contributed by atoms with Gasteiger partial charge in [0.1, 0.15) is 0 Å². The zero-order valence-electron chi connectivity index (χ0n) is 11.7. The van der Waals surface area contributed by atoms with E-state index in [1.807, 2.05) is 0 Å². The lowest BCUT2D eigenvalue weighted by molar-refractivity contribution is -0.0463. The van der Waals surface area contributed by atoms with E-state index in [9.17, 15) is 0 Å². The van der Waals surface area contributed by atoms with Gasteiger partial charge in [0.25, 0.3) is 0 Å². The summed E-state index contributed by atoms with van der Waals surface area (Å²) in [5.41, 5.74) is 6.86. The van der Waals surface area contributed by atoms with E-state index in [1.165, 1.54) is 38.5 Å². The van der Waals surface area contributed by atoms with Crippen LogP contribution in [0.15, 0.2) is 12.3 Å². The largest absolute Gasteiger partial charge is 0.367 e. The standard InChI is InChI=1S/C15H25N3O/c16-12-15(8-3-4-9-15)19-11-13-7-10-18(17-13)14-5-1-2-6-14/h7,10,14H,1-6,8-9,11-12,16H2. The van der Waals surface area contributed by atoms with Crippen LogP contribution in [0, 0.1) is 0 Å². The highest BCUT2D eigenvalue weighted by Crippen LogP contribution is 2.33. The van der Waals surface area contributed by atoms with Crippen molar-refractivity contribution in [3.8, 4) is 0 Å². The van der Waals surface area contributed by atoms with Crippen molar-refractivity contribution in [3.05, 3.63) is 18.0 Å². The molecule has 1 aromatic rings. The minimum Gasteiger partial charge on any atom is -0.367 e. The SMILES string of the molecule is NCC1(OCc2ccn(C3CCCC3)n2)CCCC1. The minimum atomic E-state index is -0.0723. The Bertz CT molecular complexity index is 403. The van der Waals surface area contributed by atoms with Crippen molar-refractivity contribution in [3.63, 3.8) is 0 Å². The first kappa shape index (κ1) is 13.1. The molecule has 0 saturated heterocycles. The van der Waals surface area contributed by atoms with Crippen molar-refractivity contribution < 1.29 is 4.74 Å². The summed E-state index contributed by atoms with van der Waals surface area (Å²) in [6.45, 7) is 1.24. The molecule has 0 bridgehead atoms. The predicted molar refractivity (Wildman–Crippen MR) is 74.8 cm³/mol. The van der Waals surface area contributed by atoms with Crippen LogP contribution in [0.4, 0.5) is 0 Å². The van der Waals surface area contributed by atoms with Gasteiger partial charge in [-0.05, 0) is 31.7 Å². The summed E-state index contributed by atoms with van der Waals surface area (Å²) in [4.78, 5) is 0. The van der Waals surface area contributed by atoms with Crippen molar-refractivity contribution >= 4 is 0 Å². The molecule has 0 unspecified atom stereocenters. The smallest absolute Gasteiger partial charge is 0.0914 e. The maximum Gasteiger partial charge on any atom is 0.0914 e. The lowest BCUT2D eigenvalue weighted by atomic mass is 10.0. The number of rotatable bonds is 5. The third-order valence-corrected chi connectivity index (χ3v) is 4.78. The van der Waals surface area contributed by atoms with Crippen LogP contribution in [0.5, 0.6) is 0 Å². The summed E-state index contributed by atoms with van der Waals surface area (Å²) in [6.07, 6.45) is 12.0. The molecule has 2 fully saturated rings. The molecule has 4 nitrogen and oxygen atoms in total. The number of nitrogens with zero attached hydrogens (tertiary/aromatic N) is 2. The third-order valence-electron chi connectivity index (χ3n) is 4.78. The van der Waals surface area contributed by atoms with Gasteiger partial charge in [-0.25, -0.2) is 0 Å². The summed E-state index contributed by atoms with van der Waals surface area (Å²) in [5.74, 6) is 0. The van der Waals surface area contributed by atoms with Crippen molar-refractivity contribution in [1.82, 2.24) is 9.78 Å². The quantitative estimate of drug-likeness (QED) is 0.888. The Labute approximate surface area is 115 Å². The molecule has 0 amide bonds. The van der Waals surface area contributed by atoms with Crippen LogP contribution in [0.3, 0.4) is 0 Å². The molecule has 3 rings (SSSR count). The van der Waals surface area contributed by atoms with E-state index in [4.69, 9.17) is 10.5 Å². The lowest BCUT2D eigenvalue weighted by Crippen LogP contribution is -2.37. The van der Waals surface area contributed by atoms with Gasteiger partial charge in [-0.3, -0.25) is 4.68 Å². The average molecular weight is 263 g/mol. The molecule has 2 N–H and O–H groups in total. The molecular weight excluding hydrogens is 238 g/mol. The fourth-order valence-corrected chi connectivity index (χ4v) is 3.48. The molecule has 0 atom stereocenters. The predicted octanol–water partition coefficient (Wildman–Crippen LogP) is 2.79. The van der Waals surface area contributed by atoms with Crippen LogP contribution in [0.1, 0.15) is 63.1 Å². The second-order valence-electron chi connectivity index (χ2n) is 6.11. The summed E-state index contributed by atoms with van der Waals surface area (Å²) in [7, 11) is 0. The first-order valence-corrected chi connectivity index (χ1v) is 7.69. The van der Waals surface area contributed by atoms with Gasteiger partial charge in [-0.15, -0.1) is 0 Å². The lowest BCUT2D eigenvalue weighted by Gasteiger charge is -2.27. The van der Waals surface area contributed by atoms with Gasteiger partial charge in [0, 0.05) is 12.7 Å². The summed E-state index contributed by atoms with van der Waals surface area (Å²) >= 11 is 0. The zero-order valence-corrected chi connectivity index (χ0v) is 11.7. The molecule has 19 heavy (non-hydrogen) atoms. The highest BCUT2D eigenvalue weighted by Gasteiger charge is 2.33. The highest BCUT2D eigenvalue weighted by molar-refractivity contribution is 5.00. The van der Waals surface area contributed by atoms with Gasteiger partial charge in [0.2, 0.25) is 0 Å². The van der Waals surface area contributed by atoms with E-state index in [2.05, 4.69) is 22.0 Å². The number of nitrogens with two attached hydrogens (primary N) is 1. The van der Waals surface area contributed by atoms with Gasteiger partial charge in [-0.2, -0.15) is 5.10 Å². The van der Waals surface area contributed by atoms with Crippen LogP contribution in [0.2, 0.25) is 0 Å². The molecule has 2 aliphatic rings. The third kappa shape index (κ3) is 2.84. The number of aromatic nitrogens is 2. The second kappa shape index (κ2) is 5.63. The van der Waals surface area contributed by atoms with Crippen LogP contribution in [-0.4, -0.2) is 21.9 Å². The molecular formula is C15H25N3O. The van der Waals surface area contributed by atoms with Crippen LogP contribution >= 0.6 is 0 Å². The monoisotopic (exact) mass is 263 g/mol. The first-order valence-electron chi connectivity index (χ1n) is 7.69. The van der Waals surface area contributed by atoms with Crippen molar-refractivity contribution in [2.45, 2.75) is 69.6 Å². The summed E-state index contributed by atoms with van der Waals surface area (Å²) in [6, 6.07) is 2.71. The fraction of sp³-hybridized carbons (Fsp3) is 0.800. The van der Waals surface area contributed by atoms with Crippen molar-refractivity contribution in [1.29, 1.82) is 0 Å². The number of hydrogen-bond donors (Lipinski definition) is 1. The summed E-state index contributed by atoms with van der Waals surface area (Å²) < 4.78 is 8.24. The maximum absolute atomic E-state index is 6.10. The Hall–Kier alpha value is -0.870. The van der Waals surface area contributed by atoms with Crippen LogP contribution < -0.4 is 5.73 Å². The second-order valence-corrected chi connectivity index (χ2v) is 6.11. The zero-order chi connectivity index (χ0) is 13.1. The average Bonchev–Trinajstić information content (AvgIpc) is 3.17. The van der Waals surface area contributed by atoms with Gasteiger partial charge >= 0.3 is 0 Å². The Morgan fingerprint density at radius 3 is 2.68 bits per heavy atom. The highest BCUT2D eigenvalue weighted by atomic mass is 16.5. The van der Waals surface area contributed by atoms with E-state index < -0.39 is 0 Å². The molecule has 2 saturated carbocycles. The molecule has 0 radical (unpaired) electrons. The molecule has 4 heteroatoms.